The zero-order valence-corrected chi connectivity index (χ0v) is 13.6. The minimum Gasteiger partial charge on any atom is -0.335 e. The first kappa shape index (κ1) is 17.5. The number of para-hydroxylation sites is 1. The highest BCUT2D eigenvalue weighted by Crippen LogP contribution is 2.24. The molecule has 1 rings (SSSR count). The standard InChI is InChI=1S/C15H23N3O2S/c1-4-7-11(16)15(20)18(2)10-14(19)17-12-8-5-6-9-13(12)21-3/h5-6,8-9,11H,4,7,10,16H2,1-3H3,(H,17,19). The smallest absolute Gasteiger partial charge is 0.244 e. The van der Waals surface area contributed by atoms with Crippen molar-refractivity contribution in [2.45, 2.75) is 30.7 Å². The Balaban J connectivity index is 2.59. The van der Waals surface area contributed by atoms with Crippen molar-refractivity contribution in [1.29, 1.82) is 0 Å². The van der Waals surface area contributed by atoms with Gasteiger partial charge in [-0.2, -0.15) is 0 Å². The molecule has 1 aromatic rings. The molecule has 116 valence electrons. The molecule has 6 heteroatoms. The number of amides is 2. The molecule has 0 aromatic heterocycles. The lowest BCUT2D eigenvalue weighted by Gasteiger charge is -2.20. The van der Waals surface area contributed by atoms with Gasteiger partial charge in [-0.05, 0) is 24.8 Å². The summed E-state index contributed by atoms with van der Waals surface area (Å²) in [6.07, 6.45) is 3.42. The van der Waals surface area contributed by atoms with Crippen LogP contribution in [-0.4, -0.2) is 42.6 Å². The van der Waals surface area contributed by atoms with Crippen LogP contribution in [0, 0.1) is 0 Å². The summed E-state index contributed by atoms with van der Waals surface area (Å²) < 4.78 is 0. The monoisotopic (exact) mass is 309 g/mol. The second-order valence-corrected chi connectivity index (χ2v) is 5.69. The Morgan fingerprint density at radius 2 is 2.05 bits per heavy atom. The van der Waals surface area contributed by atoms with Gasteiger partial charge in [-0.25, -0.2) is 0 Å². The van der Waals surface area contributed by atoms with Gasteiger partial charge in [0, 0.05) is 11.9 Å². The Hall–Kier alpha value is -1.53. The minimum atomic E-state index is -0.536. The third-order valence-electron chi connectivity index (χ3n) is 3.05. The Kier molecular flexibility index (Phi) is 7.25. The van der Waals surface area contributed by atoms with Gasteiger partial charge in [0.25, 0.3) is 0 Å². The van der Waals surface area contributed by atoms with Gasteiger partial charge in [0.05, 0.1) is 18.3 Å². The molecule has 1 aromatic carbocycles. The SMILES string of the molecule is CCCC(N)C(=O)N(C)CC(=O)Nc1ccccc1SC. The van der Waals surface area contributed by atoms with E-state index in [4.69, 9.17) is 5.73 Å². The molecule has 0 saturated heterocycles. The van der Waals surface area contributed by atoms with E-state index in [9.17, 15) is 9.59 Å². The molecule has 1 unspecified atom stereocenters. The van der Waals surface area contributed by atoms with Crippen LogP contribution in [0.5, 0.6) is 0 Å². The van der Waals surface area contributed by atoms with Crippen LogP contribution >= 0.6 is 11.8 Å². The number of likely N-dealkylation sites (N-methyl/N-ethyl adjacent to an activating group) is 1. The lowest BCUT2D eigenvalue weighted by molar-refractivity contribution is -0.134. The van der Waals surface area contributed by atoms with Crippen molar-refractivity contribution >= 4 is 29.3 Å². The number of carbonyl (C=O) groups excluding carboxylic acids is 2. The van der Waals surface area contributed by atoms with Gasteiger partial charge in [0.1, 0.15) is 0 Å². The van der Waals surface area contributed by atoms with E-state index in [1.807, 2.05) is 37.4 Å². The second kappa shape index (κ2) is 8.69. The van der Waals surface area contributed by atoms with Crippen molar-refractivity contribution < 1.29 is 9.59 Å². The molecule has 0 bridgehead atoms. The first-order chi connectivity index (χ1) is 9.99. The molecule has 0 heterocycles. The van der Waals surface area contributed by atoms with Crippen LogP contribution < -0.4 is 11.1 Å². The van der Waals surface area contributed by atoms with Gasteiger partial charge >= 0.3 is 0 Å². The van der Waals surface area contributed by atoms with E-state index >= 15 is 0 Å². The van der Waals surface area contributed by atoms with E-state index in [0.29, 0.717) is 6.42 Å². The molecule has 0 aliphatic carbocycles. The summed E-state index contributed by atoms with van der Waals surface area (Å²) in [5, 5.41) is 2.82. The average Bonchev–Trinajstić information content (AvgIpc) is 2.47. The predicted octanol–water partition coefficient (Wildman–Crippen LogP) is 1.93. The van der Waals surface area contributed by atoms with Crippen molar-refractivity contribution in [2.24, 2.45) is 5.73 Å². The van der Waals surface area contributed by atoms with Crippen LogP contribution in [0.15, 0.2) is 29.2 Å². The van der Waals surface area contributed by atoms with Crippen molar-refractivity contribution in [3.05, 3.63) is 24.3 Å². The number of hydrogen-bond donors (Lipinski definition) is 2. The maximum atomic E-state index is 12.0. The summed E-state index contributed by atoms with van der Waals surface area (Å²) in [5.74, 6) is -0.429. The fourth-order valence-electron chi connectivity index (χ4n) is 1.95. The molecule has 0 saturated carbocycles. The van der Waals surface area contributed by atoms with Crippen LogP contribution in [-0.2, 0) is 9.59 Å². The number of thioether (sulfide) groups is 1. The normalized spacial score (nSPS) is 11.8. The van der Waals surface area contributed by atoms with Crippen LogP contribution in [0.4, 0.5) is 5.69 Å². The Morgan fingerprint density at radius 1 is 1.38 bits per heavy atom. The van der Waals surface area contributed by atoms with Gasteiger partial charge in [-0.3, -0.25) is 9.59 Å². The third kappa shape index (κ3) is 5.40. The molecule has 1 atom stereocenters. The number of nitrogens with zero attached hydrogens (tertiary/aromatic N) is 1. The number of hydrogen-bond acceptors (Lipinski definition) is 4. The first-order valence-corrected chi connectivity index (χ1v) is 8.15. The molecular weight excluding hydrogens is 286 g/mol. The van der Waals surface area contributed by atoms with E-state index < -0.39 is 6.04 Å². The predicted molar refractivity (Wildman–Crippen MR) is 87.4 cm³/mol. The van der Waals surface area contributed by atoms with Crippen LogP contribution in [0.3, 0.4) is 0 Å². The van der Waals surface area contributed by atoms with Gasteiger partial charge in [0.2, 0.25) is 11.8 Å². The molecule has 5 nitrogen and oxygen atoms in total. The summed E-state index contributed by atoms with van der Waals surface area (Å²) in [5.41, 5.74) is 6.53. The topological polar surface area (TPSA) is 75.4 Å². The third-order valence-corrected chi connectivity index (χ3v) is 3.85. The molecule has 0 radical (unpaired) electrons. The highest BCUT2D eigenvalue weighted by molar-refractivity contribution is 7.98. The van der Waals surface area contributed by atoms with E-state index in [1.54, 1.807) is 18.8 Å². The summed E-state index contributed by atoms with van der Waals surface area (Å²) in [4.78, 5) is 26.3. The Bertz CT molecular complexity index is 494. The zero-order valence-electron chi connectivity index (χ0n) is 12.8. The van der Waals surface area contributed by atoms with Crippen molar-refractivity contribution in [1.82, 2.24) is 4.90 Å². The van der Waals surface area contributed by atoms with Gasteiger partial charge in [-0.15, -0.1) is 11.8 Å². The minimum absolute atomic E-state index is 0.00103. The maximum absolute atomic E-state index is 12.0. The molecule has 0 spiro atoms. The van der Waals surface area contributed by atoms with Crippen LogP contribution in [0.1, 0.15) is 19.8 Å². The summed E-state index contributed by atoms with van der Waals surface area (Å²) >= 11 is 1.56. The Morgan fingerprint density at radius 3 is 2.67 bits per heavy atom. The largest absolute Gasteiger partial charge is 0.335 e. The van der Waals surface area contributed by atoms with Gasteiger partial charge in [0.15, 0.2) is 0 Å². The molecule has 21 heavy (non-hydrogen) atoms. The molecule has 0 fully saturated rings. The number of carbonyl (C=O) groups is 2. The lowest BCUT2D eigenvalue weighted by Crippen LogP contribution is -2.44. The molecule has 3 N–H and O–H groups in total. The summed E-state index contributed by atoms with van der Waals surface area (Å²) in [6, 6.07) is 7.02. The van der Waals surface area contributed by atoms with Gasteiger partial charge in [-0.1, -0.05) is 25.5 Å². The average molecular weight is 309 g/mol. The van der Waals surface area contributed by atoms with Crippen molar-refractivity contribution in [3.8, 4) is 0 Å². The van der Waals surface area contributed by atoms with E-state index in [0.717, 1.165) is 17.0 Å². The number of rotatable bonds is 7. The van der Waals surface area contributed by atoms with Gasteiger partial charge < -0.3 is 16.0 Å². The van der Waals surface area contributed by atoms with E-state index in [-0.39, 0.29) is 18.4 Å². The number of anilines is 1. The molecule has 2 amide bonds. The highest BCUT2D eigenvalue weighted by atomic mass is 32.2. The lowest BCUT2D eigenvalue weighted by atomic mass is 10.1. The Labute approximate surface area is 130 Å². The van der Waals surface area contributed by atoms with E-state index in [2.05, 4.69) is 5.32 Å². The number of nitrogens with one attached hydrogen (secondary N) is 1. The van der Waals surface area contributed by atoms with Crippen LogP contribution in [0.25, 0.3) is 0 Å². The number of benzene rings is 1. The zero-order chi connectivity index (χ0) is 15.8. The fourth-order valence-corrected chi connectivity index (χ4v) is 2.50. The molecule has 0 aliphatic rings. The summed E-state index contributed by atoms with van der Waals surface area (Å²) in [6.45, 7) is 1.97. The number of nitrogens with two attached hydrogens (primary N) is 1. The van der Waals surface area contributed by atoms with Crippen molar-refractivity contribution in [2.75, 3.05) is 25.2 Å². The highest BCUT2D eigenvalue weighted by Gasteiger charge is 2.19. The second-order valence-electron chi connectivity index (χ2n) is 4.84. The first-order valence-electron chi connectivity index (χ1n) is 6.93. The maximum Gasteiger partial charge on any atom is 0.244 e. The quantitative estimate of drug-likeness (QED) is 0.755. The summed E-state index contributed by atoms with van der Waals surface area (Å²) in [7, 11) is 1.60. The van der Waals surface area contributed by atoms with Crippen LogP contribution in [0.2, 0.25) is 0 Å². The molecule has 0 aliphatic heterocycles. The van der Waals surface area contributed by atoms with E-state index in [1.165, 1.54) is 4.90 Å². The molecular formula is C15H23N3O2S. The van der Waals surface area contributed by atoms with Crippen molar-refractivity contribution in [3.63, 3.8) is 0 Å². The fraction of sp³-hybridized carbons (Fsp3) is 0.467.